The van der Waals surface area contributed by atoms with Crippen LogP contribution in [0.25, 0.3) is 22.6 Å². The van der Waals surface area contributed by atoms with E-state index in [0.717, 1.165) is 18.4 Å². The molecule has 1 saturated heterocycles. The van der Waals surface area contributed by atoms with Crippen LogP contribution in [0.5, 0.6) is 0 Å². The van der Waals surface area contributed by atoms with Crippen molar-refractivity contribution >= 4 is 17.6 Å². The fourth-order valence-corrected chi connectivity index (χ4v) is 4.08. The Labute approximate surface area is 206 Å². The van der Waals surface area contributed by atoms with E-state index < -0.39 is 0 Å². The van der Waals surface area contributed by atoms with Gasteiger partial charge < -0.3 is 14.7 Å². The van der Waals surface area contributed by atoms with Crippen LogP contribution < -0.4 is 5.32 Å². The van der Waals surface area contributed by atoms with Crippen LogP contribution in [0.2, 0.25) is 0 Å². The Bertz CT molecular complexity index is 1410. The highest BCUT2D eigenvalue weighted by atomic mass is 16.5. The summed E-state index contributed by atoms with van der Waals surface area (Å²) in [7, 11) is 1.82. The molecule has 4 aromatic rings. The summed E-state index contributed by atoms with van der Waals surface area (Å²) in [6.45, 7) is 4.77. The minimum atomic E-state index is -0.376. The second-order valence-electron chi connectivity index (χ2n) is 8.48. The maximum absolute atomic E-state index is 12.7. The lowest BCUT2D eigenvalue weighted by Crippen LogP contribution is -2.38. The molecule has 0 bridgehead atoms. The first kappa shape index (κ1) is 23.1. The Hall–Kier alpha value is -4.67. The van der Waals surface area contributed by atoms with E-state index in [1.807, 2.05) is 19.3 Å². The van der Waals surface area contributed by atoms with Crippen LogP contribution in [-0.2, 0) is 11.8 Å². The fraction of sp³-hybridized carbons (Fsp3) is 0.240. The van der Waals surface area contributed by atoms with Gasteiger partial charge in [-0.2, -0.15) is 10.1 Å². The molecule has 0 saturated carbocycles. The highest BCUT2D eigenvalue weighted by Gasteiger charge is 2.28. The standard InChI is InChI=1S/C25H24N8O3/c1-3-22(34)33-11-5-6-17(15-33)25-30-23(31-36-25)16-9-10-21(26-12-16)29-24(35)20-8-4-7-19(28-20)18-13-27-32(2)14-18/h3-4,7-10,12-14,17H,1,5-6,11,15H2,2H3,(H,26,29,35)/t17-/m0/s1. The molecule has 11 heteroatoms. The molecule has 182 valence electrons. The minimum Gasteiger partial charge on any atom is -0.339 e. The number of hydrogen-bond donors (Lipinski definition) is 1. The summed E-state index contributed by atoms with van der Waals surface area (Å²) in [4.78, 5) is 39.7. The number of anilines is 1. The number of carbonyl (C=O) groups is 2. The van der Waals surface area contributed by atoms with Gasteiger partial charge in [0.05, 0.1) is 17.8 Å². The van der Waals surface area contributed by atoms with E-state index in [4.69, 9.17) is 4.52 Å². The quantitative estimate of drug-likeness (QED) is 0.413. The molecule has 11 nitrogen and oxygen atoms in total. The van der Waals surface area contributed by atoms with Gasteiger partial charge in [-0.25, -0.2) is 9.97 Å². The molecule has 0 aromatic carbocycles. The molecule has 0 unspecified atom stereocenters. The molecule has 4 aromatic heterocycles. The number of aromatic nitrogens is 6. The zero-order valence-corrected chi connectivity index (χ0v) is 19.7. The Morgan fingerprint density at radius 1 is 1.17 bits per heavy atom. The predicted molar refractivity (Wildman–Crippen MR) is 131 cm³/mol. The van der Waals surface area contributed by atoms with E-state index in [1.54, 1.807) is 46.2 Å². The van der Waals surface area contributed by atoms with Gasteiger partial charge in [0.15, 0.2) is 0 Å². The van der Waals surface area contributed by atoms with Gasteiger partial charge >= 0.3 is 0 Å². The lowest BCUT2D eigenvalue weighted by atomic mass is 9.98. The van der Waals surface area contributed by atoms with Crippen LogP contribution in [0.15, 0.2) is 66.1 Å². The molecule has 1 N–H and O–H groups in total. The van der Waals surface area contributed by atoms with Gasteiger partial charge in [0.25, 0.3) is 5.91 Å². The second kappa shape index (κ2) is 9.90. The zero-order valence-electron chi connectivity index (χ0n) is 19.7. The summed E-state index contributed by atoms with van der Waals surface area (Å²) in [5.41, 5.74) is 2.39. The summed E-state index contributed by atoms with van der Waals surface area (Å²) in [5.74, 6) is 0.758. The Morgan fingerprint density at radius 3 is 2.81 bits per heavy atom. The van der Waals surface area contributed by atoms with Gasteiger partial charge in [-0.05, 0) is 43.2 Å². The minimum absolute atomic E-state index is 0.0228. The Balaban J connectivity index is 1.25. The van der Waals surface area contributed by atoms with Crippen molar-refractivity contribution in [1.82, 2.24) is 34.8 Å². The summed E-state index contributed by atoms with van der Waals surface area (Å²) in [6.07, 6.45) is 8.14. The average molecular weight is 485 g/mol. The lowest BCUT2D eigenvalue weighted by molar-refractivity contribution is -0.127. The summed E-state index contributed by atoms with van der Waals surface area (Å²) >= 11 is 0. The van der Waals surface area contributed by atoms with Crippen molar-refractivity contribution in [3.8, 4) is 22.6 Å². The van der Waals surface area contributed by atoms with Crippen LogP contribution in [0.4, 0.5) is 5.82 Å². The van der Waals surface area contributed by atoms with Gasteiger partial charge in [0, 0.05) is 43.7 Å². The number of rotatable bonds is 6. The fourth-order valence-electron chi connectivity index (χ4n) is 4.08. The maximum atomic E-state index is 12.7. The van der Waals surface area contributed by atoms with Crippen molar-refractivity contribution in [2.45, 2.75) is 18.8 Å². The van der Waals surface area contributed by atoms with Crippen molar-refractivity contribution < 1.29 is 14.1 Å². The predicted octanol–water partition coefficient (Wildman–Crippen LogP) is 3.07. The number of amides is 2. The Morgan fingerprint density at radius 2 is 2.06 bits per heavy atom. The number of nitrogens with one attached hydrogen (secondary N) is 1. The molecular formula is C25H24N8O3. The summed E-state index contributed by atoms with van der Waals surface area (Å²) in [5, 5.41) is 11.0. The number of aryl methyl sites for hydroxylation is 1. The van der Waals surface area contributed by atoms with E-state index in [2.05, 4.69) is 37.1 Å². The molecule has 36 heavy (non-hydrogen) atoms. The van der Waals surface area contributed by atoms with Gasteiger partial charge in [-0.3, -0.25) is 14.3 Å². The number of pyridine rings is 2. The molecule has 1 aliphatic rings. The van der Waals surface area contributed by atoms with E-state index >= 15 is 0 Å². The average Bonchev–Trinajstić information content (AvgIpc) is 3.58. The number of piperidine rings is 1. The molecule has 5 rings (SSSR count). The van der Waals surface area contributed by atoms with Crippen LogP contribution in [0, 0.1) is 0 Å². The molecule has 1 aliphatic heterocycles. The smallest absolute Gasteiger partial charge is 0.275 e. The highest BCUT2D eigenvalue weighted by molar-refractivity contribution is 6.02. The van der Waals surface area contributed by atoms with Crippen LogP contribution in [-0.4, -0.2) is 59.7 Å². The van der Waals surface area contributed by atoms with Crippen molar-refractivity contribution in [2.24, 2.45) is 7.05 Å². The third-order valence-electron chi connectivity index (χ3n) is 5.94. The summed E-state index contributed by atoms with van der Waals surface area (Å²) in [6, 6.07) is 8.65. The lowest BCUT2D eigenvalue weighted by Gasteiger charge is -2.30. The van der Waals surface area contributed by atoms with Gasteiger partial charge in [-0.15, -0.1) is 0 Å². The molecule has 1 atom stereocenters. The highest BCUT2D eigenvalue weighted by Crippen LogP contribution is 2.28. The third-order valence-corrected chi connectivity index (χ3v) is 5.94. The first-order valence-corrected chi connectivity index (χ1v) is 11.5. The van der Waals surface area contributed by atoms with Crippen LogP contribution >= 0.6 is 0 Å². The topological polar surface area (TPSA) is 132 Å². The molecule has 1 fully saturated rings. The maximum Gasteiger partial charge on any atom is 0.275 e. The number of likely N-dealkylation sites (tertiary alicyclic amines) is 1. The van der Waals surface area contributed by atoms with E-state index in [0.29, 0.717) is 41.9 Å². The van der Waals surface area contributed by atoms with Crippen LogP contribution in [0.1, 0.15) is 35.1 Å². The van der Waals surface area contributed by atoms with E-state index in [1.165, 1.54) is 6.08 Å². The second-order valence-corrected chi connectivity index (χ2v) is 8.48. The zero-order chi connectivity index (χ0) is 25.1. The van der Waals surface area contributed by atoms with Gasteiger partial charge in [0.2, 0.25) is 17.6 Å². The molecule has 5 heterocycles. The molecule has 0 spiro atoms. The van der Waals surface area contributed by atoms with Gasteiger partial charge in [0.1, 0.15) is 11.5 Å². The summed E-state index contributed by atoms with van der Waals surface area (Å²) < 4.78 is 7.16. The van der Waals surface area contributed by atoms with Crippen LogP contribution in [0.3, 0.4) is 0 Å². The van der Waals surface area contributed by atoms with E-state index in [-0.39, 0.29) is 23.4 Å². The number of hydrogen-bond acceptors (Lipinski definition) is 8. The largest absolute Gasteiger partial charge is 0.339 e. The SMILES string of the molecule is C=CC(=O)N1CCC[C@H](c2nc(-c3ccc(NC(=O)c4cccc(-c5cnn(C)c5)n4)nc3)no2)C1. The molecule has 0 aliphatic carbocycles. The van der Waals surface area contributed by atoms with Crippen molar-refractivity contribution in [3.63, 3.8) is 0 Å². The number of nitrogens with zero attached hydrogens (tertiary/aromatic N) is 7. The van der Waals surface area contributed by atoms with Crippen molar-refractivity contribution in [2.75, 3.05) is 18.4 Å². The molecular weight excluding hydrogens is 460 g/mol. The number of carbonyl (C=O) groups excluding carboxylic acids is 2. The Kier molecular flexibility index (Phi) is 6.35. The first-order valence-electron chi connectivity index (χ1n) is 11.5. The molecule has 2 amide bonds. The first-order chi connectivity index (χ1) is 17.5. The monoisotopic (exact) mass is 484 g/mol. The van der Waals surface area contributed by atoms with Gasteiger partial charge in [-0.1, -0.05) is 17.8 Å². The normalized spacial score (nSPS) is 15.5. The van der Waals surface area contributed by atoms with Crippen molar-refractivity contribution in [1.29, 1.82) is 0 Å². The third kappa shape index (κ3) is 4.90. The van der Waals surface area contributed by atoms with E-state index in [9.17, 15) is 9.59 Å². The van der Waals surface area contributed by atoms with Crippen molar-refractivity contribution in [3.05, 3.63) is 73.2 Å². The molecule has 0 radical (unpaired) electrons.